The van der Waals surface area contributed by atoms with Crippen LogP contribution in [0, 0.1) is 6.92 Å². The lowest BCUT2D eigenvalue weighted by molar-refractivity contribution is -0.138. The fourth-order valence-electron chi connectivity index (χ4n) is 2.64. The van der Waals surface area contributed by atoms with E-state index in [0.717, 1.165) is 16.4 Å². The monoisotopic (exact) mass is 430 g/mol. The van der Waals surface area contributed by atoms with Gasteiger partial charge in [0.2, 0.25) is 15.9 Å². The number of ether oxygens (including phenoxy) is 1. The molecule has 0 aliphatic rings. The van der Waals surface area contributed by atoms with Crippen LogP contribution < -0.4 is 10.1 Å². The number of hydrogen-bond acceptors (Lipinski definition) is 4. The lowest BCUT2D eigenvalue weighted by atomic mass is 10.1. The molecule has 0 saturated carbocycles. The number of methoxy groups -OCH3 is 1. The minimum atomic E-state index is -4.68. The summed E-state index contributed by atoms with van der Waals surface area (Å²) >= 11 is 0. The number of rotatable bonds is 7. The molecule has 0 heterocycles. The lowest BCUT2D eigenvalue weighted by Gasteiger charge is -2.21. The van der Waals surface area contributed by atoms with Crippen LogP contribution in [0.2, 0.25) is 0 Å². The van der Waals surface area contributed by atoms with Gasteiger partial charge in [0.1, 0.15) is 5.75 Å². The second-order valence-corrected chi connectivity index (χ2v) is 8.12. The number of halogens is 3. The maximum atomic E-state index is 13.1. The van der Waals surface area contributed by atoms with Crippen molar-refractivity contribution in [3.05, 3.63) is 53.6 Å². The molecule has 1 amide bonds. The summed E-state index contributed by atoms with van der Waals surface area (Å²) in [4.78, 5) is 11.8. The molecule has 0 spiro atoms. The highest BCUT2D eigenvalue weighted by molar-refractivity contribution is 7.89. The number of sulfonamides is 1. The SMILES string of the molecule is CCN(CC(=O)Nc1cccc(OC)c1)S(=O)(=O)c1ccc(C)c(C(F)(F)F)c1. The van der Waals surface area contributed by atoms with E-state index in [1.807, 2.05) is 0 Å². The number of amides is 1. The predicted molar refractivity (Wildman–Crippen MR) is 102 cm³/mol. The van der Waals surface area contributed by atoms with Crippen LogP contribution in [-0.4, -0.2) is 38.8 Å². The van der Waals surface area contributed by atoms with Gasteiger partial charge in [0.05, 0.1) is 24.1 Å². The van der Waals surface area contributed by atoms with Gasteiger partial charge in [-0.25, -0.2) is 8.42 Å². The fraction of sp³-hybridized carbons (Fsp3) is 0.316. The minimum absolute atomic E-state index is 0.0877. The molecule has 0 saturated heterocycles. The summed E-state index contributed by atoms with van der Waals surface area (Å²) in [5.74, 6) is -0.131. The normalized spacial score (nSPS) is 12.1. The van der Waals surface area contributed by atoms with E-state index in [-0.39, 0.29) is 12.1 Å². The molecule has 0 atom stereocenters. The summed E-state index contributed by atoms with van der Waals surface area (Å²) < 4.78 is 70.9. The third-order valence-electron chi connectivity index (χ3n) is 4.18. The Balaban J connectivity index is 2.25. The van der Waals surface area contributed by atoms with E-state index in [1.165, 1.54) is 21.0 Å². The highest BCUT2D eigenvalue weighted by Gasteiger charge is 2.35. The first-order chi connectivity index (χ1) is 13.5. The molecule has 2 aromatic rings. The molecule has 158 valence electrons. The summed E-state index contributed by atoms with van der Waals surface area (Å²) in [5.41, 5.74) is -0.719. The van der Waals surface area contributed by atoms with E-state index in [1.54, 1.807) is 24.3 Å². The van der Waals surface area contributed by atoms with E-state index in [2.05, 4.69) is 5.32 Å². The van der Waals surface area contributed by atoms with E-state index in [0.29, 0.717) is 17.5 Å². The van der Waals surface area contributed by atoms with Crippen molar-refractivity contribution in [2.75, 3.05) is 25.5 Å². The maximum Gasteiger partial charge on any atom is 0.416 e. The Morgan fingerprint density at radius 3 is 2.45 bits per heavy atom. The zero-order chi connectivity index (χ0) is 21.8. The first kappa shape index (κ1) is 22.7. The average molecular weight is 430 g/mol. The summed E-state index contributed by atoms with van der Waals surface area (Å²) in [6, 6.07) is 9.26. The van der Waals surface area contributed by atoms with Crippen LogP contribution >= 0.6 is 0 Å². The van der Waals surface area contributed by atoms with Crippen LogP contribution in [-0.2, 0) is 21.0 Å². The van der Waals surface area contributed by atoms with Crippen molar-refractivity contribution in [2.24, 2.45) is 0 Å². The van der Waals surface area contributed by atoms with Crippen molar-refractivity contribution < 1.29 is 31.1 Å². The Labute approximate surface area is 167 Å². The quantitative estimate of drug-likeness (QED) is 0.727. The minimum Gasteiger partial charge on any atom is -0.497 e. The number of hydrogen-bond donors (Lipinski definition) is 1. The molecule has 0 radical (unpaired) electrons. The number of benzene rings is 2. The van der Waals surface area contributed by atoms with Gasteiger partial charge in [-0.1, -0.05) is 19.1 Å². The van der Waals surface area contributed by atoms with Crippen molar-refractivity contribution in [1.29, 1.82) is 0 Å². The van der Waals surface area contributed by atoms with Gasteiger partial charge in [0.15, 0.2) is 0 Å². The molecule has 2 aromatic carbocycles. The second-order valence-electron chi connectivity index (χ2n) is 6.19. The molecular weight excluding hydrogens is 409 g/mol. The number of anilines is 1. The van der Waals surface area contributed by atoms with Crippen molar-refractivity contribution >= 4 is 21.6 Å². The van der Waals surface area contributed by atoms with Crippen molar-refractivity contribution in [3.8, 4) is 5.75 Å². The summed E-state index contributed by atoms with van der Waals surface area (Å²) in [6.45, 7) is 2.10. The highest BCUT2D eigenvalue weighted by atomic mass is 32.2. The first-order valence-corrected chi connectivity index (χ1v) is 10.0. The van der Waals surface area contributed by atoms with Crippen molar-refractivity contribution in [2.45, 2.75) is 24.9 Å². The molecule has 0 bridgehead atoms. The van der Waals surface area contributed by atoms with Gasteiger partial charge in [-0.2, -0.15) is 17.5 Å². The second kappa shape index (κ2) is 8.83. The van der Waals surface area contributed by atoms with E-state index < -0.39 is 39.1 Å². The molecule has 10 heteroatoms. The summed E-state index contributed by atoms with van der Waals surface area (Å²) in [6.07, 6.45) is -4.68. The van der Waals surface area contributed by atoms with Crippen LogP contribution in [0.25, 0.3) is 0 Å². The number of aryl methyl sites for hydroxylation is 1. The van der Waals surface area contributed by atoms with Crippen LogP contribution in [0.15, 0.2) is 47.4 Å². The highest BCUT2D eigenvalue weighted by Crippen LogP contribution is 2.33. The molecule has 0 unspecified atom stereocenters. The van der Waals surface area contributed by atoms with Gasteiger partial charge >= 0.3 is 6.18 Å². The number of alkyl halides is 3. The largest absolute Gasteiger partial charge is 0.497 e. The molecule has 6 nitrogen and oxygen atoms in total. The predicted octanol–water partition coefficient (Wildman–Crippen LogP) is 3.67. The third kappa shape index (κ3) is 5.48. The molecule has 0 aliphatic carbocycles. The van der Waals surface area contributed by atoms with Gasteiger partial charge in [-0.3, -0.25) is 4.79 Å². The smallest absolute Gasteiger partial charge is 0.416 e. The molecule has 0 aliphatic heterocycles. The fourth-order valence-corrected chi connectivity index (χ4v) is 4.08. The zero-order valence-corrected chi connectivity index (χ0v) is 16.9. The van der Waals surface area contributed by atoms with Gasteiger partial charge in [0, 0.05) is 18.3 Å². The Bertz CT molecular complexity index is 991. The number of carbonyl (C=O) groups is 1. The molecule has 1 N–H and O–H groups in total. The molecular formula is C19H21F3N2O4S. The molecule has 2 rings (SSSR count). The Hall–Kier alpha value is -2.59. The van der Waals surface area contributed by atoms with Gasteiger partial charge in [0.25, 0.3) is 0 Å². The molecule has 0 aromatic heterocycles. The average Bonchev–Trinajstić information content (AvgIpc) is 2.65. The van der Waals surface area contributed by atoms with Crippen LogP contribution in [0.1, 0.15) is 18.1 Å². The topological polar surface area (TPSA) is 75.7 Å². The van der Waals surface area contributed by atoms with Crippen LogP contribution in [0.4, 0.5) is 18.9 Å². The van der Waals surface area contributed by atoms with Crippen molar-refractivity contribution in [3.63, 3.8) is 0 Å². The Morgan fingerprint density at radius 1 is 1.17 bits per heavy atom. The van der Waals surface area contributed by atoms with Gasteiger partial charge in [-0.05, 0) is 36.8 Å². The Kier molecular flexibility index (Phi) is 6.91. The van der Waals surface area contributed by atoms with Crippen LogP contribution in [0.3, 0.4) is 0 Å². The van der Waals surface area contributed by atoms with Crippen molar-refractivity contribution in [1.82, 2.24) is 4.31 Å². The molecule has 29 heavy (non-hydrogen) atoms. The zero-order valence-electron chi connectivity index (χ0n) is 16.1. The number of nitrogens with one attached hydrogen (secondary N) is 1. The van der Waals surface area contributed by atoms with E-state index >= 15 is 0 Å². The van der Waals surface area contributed by atoms with E-state index in [9.17, 15) is 26.4 Å². The van der Waals surface area contributed by atoms with Crippen LogP contribution in [0.5, 0.6) is 5.75 Å². The van der Waals surface area contributed by atoms with E-state index in [4.69, 9.17) is 4.74 Å². The summed E-state index contributed by atoms with van der Waals surface area (Å²) in [5, 5.41) is 2.54. The third-order valence-corrected chi connectivity index (χ3v) is 6.10. The first-order valence-electron chi connectivity index (χ1n) is 8.61. The summed E-state index contributed by atoms with van der Waals surface area (Å²) in [7, 11) is -2.84. The number of likely N-dealkylation sites (N-methyl/N-ethyl adjacent to an activating group) is 1. The number of carbonyl (C=O) groups excluding carboxylic acids is 1. The lowest BCUT2D eigenvalue weighted by Crippen LogP contribution is -2.38. The van der Waals surface area contributed by atoms with Gasteiger partial charge in [-0.15, -0.1) is 0 Å². The Morgan fingerprint density at radius 2 is 1.86 bits per heavy atom. The standard InChI is InChI=1S/C19H21F3N2O4S/c1-4-24(12-18(25)23-14-6-5-7-15(10-14)28-3)29(26,27)16-9-8-13(2)17(11-16)19(20,21)22/h5-11H,4,12H2,1-3H3,(H,23,25). The number of nitrogens with zero attached hydrogens (tertiary/aromatic N) is 1. The van der Waals surface area contributed by atoms with Gasteiger partial charge < -0.3 is 10.1 Å². The maximum absolute atomic E-state index is 13.1. The molecule has 0 fully saturated rings.